The van der Waals surface area contributed by atoms with Gasteiger partial charge in [-0.3, -0.25) is 9.98 Å². The van der Waals surface area contributed by atoms with Crippen LogP contribution in [0.1, 0.15) is 12.6 Å². The van der Waals surface area contributed by atoms with Crippen molar-refractivity contribution < 1.29 is 0 Å². The summed E-state index contributed by atoms with van der Waals surface area (Å²) in [6.07, 6.45) is 3.56. The number of nitrogens with zero attached hydrogens (tertiary/aromatic N) is 4. The molecule has 3 rings (SSSR count). The van der Waals surface area contributed by atoms with Crippen molar-refractivity contribution in [1.82, 2.24) is 9.66 Å². The quantitative estimate of drug-likeness (QED) is 0.511. The lowest BCUT2D eigenvalue weighted by atomic mass is 10.3. The predicted molar refractivity (Wildman–Crippen MR) is 98.1 cm³/mol. The highest BCUT2D eigenvalue weighted by atomic mass is 32.1. The Labute approximate surface area is 142 Å². The van der Waals surface area contributed by atoms with Crippen LogP contribution in [0.15, 0.2) is 70.0 Å². The highest BCUT2D eigenvalue weighted by Gasteiger charge is 2.09. The molecule has 116 valence electrons. The van der Waals surface area contributed by atoms with E-state index in [4.69, 9.17) is 5.10 Å². The lowest BCUT2D eigenvalue weighted by molar-refractivity contribution is 0.835. The summed E-state index contributed by atoms with van der Waals surface area (Å²) in [4.78, 5) is 10.9. The Bertz CT molecular complexity index is 871. The summed E-state index contributed by atoms with van der Waals surface area (Å²) in [6.45, 7) is 6.26. The van der Waals surface area contributed by atoms with Gasteiger partial charge in [-0.2, -0.15) is 5.10 Å². The van der Waals surface area contributed by atoms with E-state index in [9.17, 15) is 0 Å². The molecule has 23 heavy (non-hydrogen) atoms. The maximum atomic E-state index is 4.76. The second kappa shape index (κ2) is 7.30. The molecule has 0 unspecified atom stereocenters. The van der Waals surface area contributed by atoms with E-state index in [0.717, 1.165) is 21.9 Å². The first-order valence-corrected chi connectivity index (χ1v) is 8.88. The maximum Gasteiger partial charge on any atom is 0.206 e. The minimum Gasteiger partial charge on any atom is -0.255 e. The van der Waals surface area contributed by atoms with Crippen molar-refractivity contribution in [2.45, 2.75) is 6.92 Å². The van der Waals surface area contributed by atoms with Gasteiger partial charge in [-0.25, -0.2) is 4.68 Å². The van der Waals surface area contributed by atoms with Gasteiger partial charge in [0.15, 0.2) is 0 Å². The fraction of sp³-hybridized carbons (Fsp3) is 0.118. The Hall–Kier alpha value is -2.31. The van der Waals surface area contributed by atoms with Crippen molar-refractivity contribution in [3.63, 3.8) is 0 Å². The van der Waals surface area contributed by atoms with Crippen LogP contribution in [-0.4, -0.2) is 21.9 Å². The van der Waals surface area contributed by atoms with Gasteiger partial charge in [0.05, 0.1) is 28.5 Å². The molecule has 3 aromatic heterocycles. The zero-order valence-electron chi connectivity index (χ0n) is 12.7. The average Bonchev–Trinajstić information content (AvgIpc) is 3.23. The maximum absolute atomic E-state index is 4.76. The molecule has 0 amide bonds. The van der Waals surface area contributed by atoms with E-state index in [2.05, 4.69) is 33.4 Å². The largest absolute Gasteiger partial charge is 0.255 e. The van der Waals surface area contributed by atoms with Crippen molar-refractivity contribution in [1.29, 1.82) is 0 Å². The molecule has 0 atom stereocenters. The standard InChI is InChI=1S/C17H16N4S2/c1-3-9-19-17-21(15(12-23-17)16-8-6-11-22-16)20-13(2)14-7-4-5-10-18-14/h3-8,10-12H,1,9H2,2H3. The van der Waals surface area contributed by atoms with Crippen molar-refractivity contribution >= 4 is 28.4 Å². The number of pyridine rings is 1. The molecule has 6 heteroatoms. The molecule has 0 aliphatic heterocycles. The van der Waals surface area contributed by atoms with E-state index in [0.29, 0.717) is 6.54 Å². The Morgan fingerprint density at radius 1 is 1.30 bits per heavy atom. The molecule has 0 aliphatic rings. The molecular weight excluding hydrogens is 324 g/mol. The molecule has 0 bridgehead atoms. The fourth-order valence-corrected chi connectivity index (χ4v) is 3.65. The van der Waals surface area contributed by atoms with Crippen molar-refractivity contribution in [3.05, 3.63) is 70.4 Å². The Balaban J connectivity index is 2.12. The summed E-state index contributed by atoms with van der Waals surface area (Å²) in [7, 11) is 0. The Morgan fingerprint density at radius 3 is 2.91 bits per heavy atom. The van der Waals surface area contributed by atoms with Crippen molar-refractivity contribution in [2.75, 3.05) is 6.54 Å². The number of thiophene rings is 1. The summed E-state index contributed by atoms with van der Waals surface area (Å²) in [6, 6.07) is 9.94. The smallest absolute Gasteiger partial charge is 0.206 e. The van der Waals surface area contributed by atoms with E-state index in [1.54, 1.807) is 34.9 Å². The average molecular weight is 340 g/mol. The minimum atomic E-state index is 0.572. The van der Waals surface area contributed by atoms with Gasteiger partial charge in [0.25, 0.3) is 0 Å². The number of aromatic nitrogens is 2. The summed E-state index contributed by atoms with van der Waals surface area (Å²) >= 11 is 3.27. The monoisotopic (exact) mass is 340 g/mol. The lowest BCUT2D eigenvalue weighted by Crippen LogP contribution is -2.14. The van der Waals surface area contributed by atoms with Gasteiger partial charge in [0, 0.05) is 11.6 Å². The summed E-state index contributed by atoms with van der Waals surface area (Å²) < 4.78 is 1.89. The first-order chi connectivity index (χ1) is 11.3. The van der Waals surface area contributed by atoms with E-state index < -0.39 is 0 Å². The van der Waals surface area contributed by atoms with E-state index in [1.165, 1.54) is 4.88 Å². The van der Waals surface area contributed by atoms with Crippen LogP contribution in [-0.2, 0) is 0 Å². The molecule has 0 spiro atoms. The van der Waals surface area contributed by atoms with Gasteiger partial charge in [-0.1, -0.05) is 18.2 Å². The lowest BCUT2D eigenvalue weighted by Gasteiger charge is -2.04. The van der Waals surface area contributed by atoms with Crippen LogP contribution >= 0.6 is 22.7 Å². The SMILES string of the molecule is C=CCN=c1scc(-c2cccs2)n1N=C(C)c1ccccn1. The zero-order chi connectivity index (χ0) is 16.1. The molecule has 0 fully saturated rings. The van der Waals surface area contributed by atoms with E-state index in [-0.39, 0.29) is 0 Å². The molecule has 3 heterocycles. The molecule has 0 saturated carbocycles. The molecular formula is C17H16N4S2. The molecule has 0 radical (unpaired) electrons. The first-order valence-electron chi connectivity index (χ1n) is 7.12. The van der Waals surface area contributed by atoms with Crippen LogP contribution in [0.25, 0.3) is 10.6 Å². The molecule has 4 nitrogen and oxygen atoms in total. The second-order valence-electron chi connectivity index (χ2n) is 4.72. The topological polar surface area (TPSA) is 42.5 Å². The highest BCUT2D eigenvalue weighted by Crippen LogP contribution is 2.25. The van der Waals surface area contributed by atoms with Gasteiger partial charge >= 0.3 is 0 Å². The van der Waals surface area contributed by atoms with Crippen molar-refractivity contribution in [2.24, 2.45) is 10.1 Å². The predicted octanol–water partition coefficient (Wildman–Crippen LogP) is 4.03. The minimum absolute atomic E-state index is 0.572. The van der Waals surface area contributed by atoms with Gasteiger partial charge in [0.1, 0.15) is 0 Å². The number of hydrogen-bond acceptors (Lipinski definition) is 5. The Kier molecular flexibility index (Phi) is 4.95. The number of hydrogen-bond donors (Lipinski definition) is 0. The number of thiazole rings is 1. The molecule has 3 aromatic rings. The fourth-order valence-electron chi connectivity index (χ4n) is 2.02. The second-order valence-corrected chi connectivity index (χ2v) is 6.51. The van der Waals surface area contributed by atoms with Crippen molar-refractivity contribution in [3.8, 4) is 10.6 Å². The van der Waals surface area contributed by atoms with Crippen LogP contribution in [0.3, 0.4) is 0 Å². The zero-order valence-corrected chi connectivity index (χ0v) is 14.3. The van der Waals surface area contributed by atoms with Gasteiger partial charge in [-0.05, 0) is 30.5 Å². The third kappa shape index (κ3) is 3.55. The molecule has 0 saturated heterocycles. The van der Waals surface area contributed by atoms with Crippen LogP contribution in [0, 0.1) is 0 Å². The summed E-state index contributed by atoms with van der Waals surface area (Å²) in [5.74, 6) is 0. The summed E-state index contributed by atoms with van der Waals surface area (Å²) in [5, 5.41) is 8.91. The first kappa shape index (κ1) is 15.6. The summed E-state index contributed by atoms with van der Waals surface area (Å²) in [5.41, 5.74) is 2.75. The van der Waals surface area contributed by atoms with Crippen LogP contribution in [0.5, 0.6) is 0 Å². The number of rotatable bonds is 5. The highest BCUT2D eigenvalue weighted by molar-refractivity contribution is 7.14. The molecule has 0 aliphatic carbocycles. The molecule has 0 N–H and O–H groups in total. The third-order valence-corrected chi connectivity index (χ3v) is 4.85. The van der Waals surface area contributed by atoms with Crippen LogP contribution in [0.4, 0.5) is 0 Å². The third-order valence-electron chi connectivity index (χ3n) is 3.10. The van der Waals surface area contributed by atoms with Gasteiger partial charge < -0.3 is 0 Å². The van der Waals surface area contributed by atoms with E-state index in [1.807, 2.05) is 35.9 Å². The van der Waals surface area contributed by atoms with Crippen LogP contribution < -0.4 is 4.80 Å². The molecule has 0 aromatic carbocycles. The van der Waals surface area contributed by atoms with Gasteiger partial charge in [0.2, 0.25) is 4.80 Å². The Morgan fingerprint density at radius 2 is 2.22 bits per heavy atom. The van der Waals surface area contributed by atoms with E-state index >= 15 is 0 Å². The van der Waals surface area contributed by atoms with Crippen LogP contribution in [0.2, 0.25) is 0 Å². The normalized spacial score (nSPS) is 12.6. The van der Waals surface area contributed by atoms with Gasteiger partial charge in [-0.15, -0.1) is 29.3 Å².